The van der Waals surface area contributed by atoms with Crippen LogP contribution in [-0.2, 0) is 0 Å². The van der Waals surface area contributed by atoms with Gasteiger partial charge in [0.25, 0.3) is 5.91 Å². The number of rotatable bonds is 6. The molecule has 1 amide bonds. The molecule has 3 aromatic rings. The van der Waals surface area contributed by atoms with E-state index in [1.165, 1.54) is 12.1 Å². The van der Waals surface area contributed by atoms with Gasteiger partial charge in [-0.1, -0.05) is 13.0 Å². The molecule has 1 heterocycles. The summed E-state index contributed by atoms with van der Waals surface area (Å²) in [6.07, 6.45) is 2.50. The number of benzene rings is 2. The summed E-state index contributed by atoms with van der Waals surface area (Å²) in [4.78, 5) is 21.0. The SMILES string of the molecule is CCC(C)NC(=O)c1cccc(Nc2ccnc(-c3ccc(F)cc3)n2)c1. The Morgan fingerprint density at radius 1 is 1.15 bits per heavy atom. The summed E-state index contributed by atoms with van der Waals surface area (Å²) in [6, 6.07) is 15.1. The van der Waals surface area contributed by atoms with Crippen LogP contribution in [0.25, 0.3) is 11.4 Å². The fourth-order valence-corrected chi connectivity index (χ4v) is 2.46. The van der Waals surface area contributed by atoms with Crippen LogP contribution in [0.1, 0.15) is 30.6 Å². The molecule has 138 valence electrons. The average Bonchev–Trinajstić information content (AvgIpc) is 2.69. The normalized spacial score (nSPS) is 11.7. The first-order valence-corrected chi connectivity index (χ1v) is 8.82. The van der Waals surface area contributed by atoms with Gasteiger partial charge in [-0.3, -0.25) is 4.79 Å². The third-order valence-electron chi connectivity index (χ3n) is 4.15. The largest absolute Gasteiger partial charge is 0.350 e. The molecular weight excluding hydrogens is 343 g/mol. The summed E-state index contributed by atoms with van der Waals surface area (Å²) >= 11 is 0. The van der Waals surface area contributed by atoms with E-state index in [0.717, 1.165) is 17.7 Å². The lowest BCUT2D eigenvalue weighted by atomic mass is 10.1. The van der Waals surface area contributed by atoms with Crippen LogP contribution < -0.4 is 10.6 Å². The number of halogens is 1. The Labute approximate surface area is 157 Å². The molecule has 3 rings (SSSR count). The van der Waals surface area contributed by atoms with Crippen LogP contribution in [0.15, 0.2) is 60.8 Å². The molecule has 1 aromatic heterocycles. The van der Waals surface area contributed by atoms with E-state index in [9.17, 15) is 9.18 Å². The molecule has 0 aliphatic rings. The van der Waals surface area contributed by atoms with E-state index >= 15 is 0 Å². The van der Waals surface area contributed by atoms with E-state index in [0.29, 0.717) is 17.2 Å². The minimum absolute atomic E-state index is 0.109. The zero-order chi connectivity index (χ0) is 19.2. The molecule has 0 fully saturated rings. The zero-order valence-corrected chi connectivity index (χ0v) is 15.2. The Kier molecular flexibility index (Phi) is 5.76. The van der Waals surface area contributed by atoms with Crippen LogP contribution in [0.4, 0.5) is 15.9 Å². The van der Waals surface area contributed by atoms with Gasteiger partial charge in [0.2, 0.25) is 0 Å². The molecule has 1 unspecified atom stereocenters. The van der Waals surface area contributed by atoms with Gasteiger partial charge in [0.1, 0.15) is 11.6 Å². The van der Waals surface area contributed by atoms with Crippen molar-refractivity contribution in [2.75, 3.05) is 5.32 Å². The van der Waals surface area contributed by atoms with Crippen molar-refractivity contribution in [3.63, 3.8) is 0 Å². The number of carbonyl (C=O) groups is 1. The van der Waals surface area contributed by atoms with Gasteiger partial charge in [0.15, 0.2) is 5.82 Å². The molecule has 5 nitrogen and oxygen atoms in total. The van der Waals surface area contributed by atoms with E-state index in [4.69, 9.17) is 0 Å². The van der Waals surface area contributed by atoms with Crippen molar-refractivity contribution in [3.8, 4) is 11.4 Å². The Hall–Kier alpha value is -3.28. The minimum Gasteiger partial charge on any atom is -0.350 e. The van der Waals surface area contributed by atoms with Crippen LogP contribution in [0, 0.1) is 5.82 Å². The Morgan fingerprint density at radius 2 is 1.93 bits per heavy atom. The van der Waals surface area contributed by atoms with Gasteiger partial charge in [-0.05, 0) is 61.9 Å². The summed E-state index contributed by atoms with van der Waals surface area (Å²) in [5.74, 6) is 0.665. The number of hydrogen-bond acceptors (Lipinski definition) is 4. The van der Waals surface area contributed by atoms with Gasteiger partial charge in [-0.25, -0.2) is 14.4 Å². The van der Waals surface area contributed by atoms with Crippen LogP contribution >= 0.6 is 0 Å². The molecule has 0 saturated carbocycles. The van der Waals surface area contributed by atoms with Crippen LogP contribution in [0.3, 0.4) is 0 Å². The monoisotopic (exact) mass is 364 g/mol. The molecule has 27 heavy (non-hydrogen) atoms. The Bertz CT molecular complexity index is 927. The number of nitrogens with zero attached hydrogens (tertiary/aromatic N) is 2. The lowest BCUT2D eigenvalue weighted by Gasteiger charge is -2.12. The highest BCUT2D eigenvalue weighted by molar-refractivity contribution is 5.95. The van der Waals surface area contributed by atoms with Gasteiger partial charge in [0, 0.05) is 29.1 Å². The highest BCUT2D eigenvalue weighted by Crippen LogP contribution is 2.20. The second-order valence-electron chi connectivity index (χ2n) is 6.26. The number of amides is 1. The van der Waals surface area contributed by atoms with E-state index in [1.807, 2.05) is 26.0 Å². The molecule has 2 N–H and O–H groups in total. The lowest BCUT2D eigenvalue weighted by molar-refractivity contribution is 0.0939. The standard InChI is InChI=1S/C21H21FN4O/c1-3-14(2)24-21(27)16-5-4-6-18(13-16)25-19-11-12-23-20(26-19)15-7-9-17(22)10-8-15/h4-14H,3H2,1-2H3,(H,24,27)(H,23,25,26). The summed E-state index contributed by atoms with van der Waals surface area (Å²) in [7, 11) is 0. The highest BCUT2D eigenvalue weighted by Gasteiger charge is 2.09. The molecule has 0 aliphatic carbocycles. The second kappa shape index (κ2) is 8.40. The zero-order valence-electron chi connectivity index (χ0n) is 15.2. The number of anilines is 2. The first-order valence-electron chi connectivity index (χ1n) is 8.82. The maximum atomic E-state index is 13.1. The van der Waals surface area contributed by atoms with E-state index in [2.05, 4.69) is 20.6 Å². The van der Waals surface area contributed by atoms with Gasteiger partial charge in [0.05, 0.1) is 0 Å². The molecule has 0 aliphatic heterocycles. The van der Waals surface area contributed by atoms with Gasteiger partial charge in [-0.15, -0.1) is 0 Å². The van der Waals surface area contributed by atoms with Crippen molar-refractivity contribution in [1.82, 2.24) is 15.3 Å². The van der Waals surface area contributed by atoms with Crippen molar-refractivity contribution < 1.29 is 9.18 Å². The fraction of sp³-hybridized carbons (Fsp3) is 0.190. The maximum absolute atomic E-state index is 13.1. The number of aromatic nitrogens is 2. The van der Waals surface area contributed by atoms with E-state index in [1.54, 1.807) is 36.5 Å². The Balaban J connectivity index is 1.77. The summed E-state index contributed by atoms with van der Waals surface area (Å²) in [5.41, 5.74) is 2.05. The quantitative estimate of drug-likeness (QED) is 0.673. The lowest BCUT2D eigenvalue weighted by Crippen LogP contribution is -2.31. The summed E-state index contributed by atoms with van der Waals surface area (Å²) in [5, 5.41) is 6.13. The summed E-state index contributed by atoms with van der Waals surface area (Å²) < 4.78 is 13.1. The smallest absolute Gasteiger partial charge is 0.251 e. The Morgan fingerprint density at radius 3 is 2.67 bits per heavy atom. The molecule has 6 heteroatoms. The molecule has 2 aromatic carbocycles. The van der Waals surface area contributed by atoms with Crippen molar-refractivity contribution in [1.29, 1.82) is 0 Å². The molecule has 1 atom stereocenters. The summed E-state index contributed by atoms with van der Waals surface area (Å²) in [6.45, 7) is 3.99. The van der Waals surface area contributed by atoms with Gasteiger partial charge in [-0.2, -0.15) is 0 Å². The van der Waals surface area contributed by atoms with E-state index in [-0.39, 0.29) is 17.8 Å². The average molecular weight is 364 g/mol. The van der Waals surface area contributed by atoms with Gasteiger partial charge >= 0.3 is 0 Å². The first-order chi connectivity index (χ1) is 13.0. The van der Waals surface area contributed by atoms with Crippen LogP contribution in [0.2, 0.25) is 0 Å². The third kappa shape index (κ3) is 4.88. The van der Waals surface area contributed by atoms with Crippen molar-refractivity contribution in [2.45, 2.75) is 26.3 Å². The first kappa shape index (κ1) is 18.5. The minimum atomic E-state index is -0.305. The van der Waals surface area contributed by atoms with Crippen molar-refractivity contribution >= 4 is 17.4 Å². The second-order valence-corrected chi connectivity index (χ2v) is 6.26. The van der Waals surface area contributed by atoms with Crippen LogP contribution in [-0.4, -0.2) is 21.9 Å². The van der Waals surface area contributed by atoms with Crippen molar-refractivity contribution in [3.05, 3.63) is 72.2 Å². The number of nitrogens with one attached hydrogen (secondary N) is 2. The molecular formula is C21H21FN4O. The fourth-order valence-electron chi connectivity index (χ4n) is 2.46. The molecule has 0 saturated heterocycles. The van der Waals surface area contributed by atoms with Crippen molar-refractivity contribution in [2.24, 2.45) is 0 Å². The highest BCUT2D eigenvalue weighted by atomic mass is 19.1. The van der Waals surface area contributed by atoms with E-state index < -0.39 is 0 Å². The predicted octanol–water partition coefficient (Wildman–Crippen LogP) is 4.55. The number of carbonyl (C=O) groups excluding carboxylic acids is 1. The maximum Gasteiger partial charge on any atom is 0.251 e. The third-order valence-corrected chi connectivity index (χ3v) is 4.15. The predicted molar refractivity (Wildman–Crippen MR) is 104 cm³/mol. The molecule has 0 bridgehead atoms. The number of hydrogen-bond donors (Lipinski definition) is 2. The molecule has 0 radical (unpaired) electrons. The van der Waals surface area contributed by atoms with Crippen LogP contribution in [0.5, 0.6) is 0 Å². The molecule has 0 spiro atoms. The topological polar surface area (TPSA) is 66.9 Å². The van der Waals surface area contributed by atoms with Gasteiger partial charge < -0.3 is 10.6 Å².